The van der Waals surface area contributed by atoms with Crippen LogP contribution in [0.1, 0.15) is 69.3 Å². The fraction of sp³-hybridized carbons (Fsp3) is 0.435. The number of aromatic nitrogens is 1. The Balaban J connectivity index is 2.07. The number of nitrogen functional groups attached to an aromatic ring is 1. The zero-order chi connectivity index (χ0) is 22.4. The minimum atomic E-state index is -0.587. The predicted molar refractivity (Wildman–Crippen MR) is 121 cm³/mol. The number of rotatable bonds is 9. The summed E-state index contributed by atoms with van der Waals surface area (Å²) in [5, 5.41) is 14.2. The van der Waals surface area contributed by atoms with Gasteiger partial charge in [-0.25, -0.2) is 0 Å². The number of anilines is 2. The minimum absolute atomic E-state index is 0.0445. The van der Waals surface area contributed by atoms with Crippen molar-refractivity contribution in [2.75, 3.05) is 17.7 Å². The average Bonchev–Trinajstić information content (AvgIpc) is 3.27. The molecule has 8 heteroatoms. The molecule has 0 bridgehead atoms. The van der Waals surface area contributed by atoms with E-state index in [4.69, 9.17) is 14.9 Å². The molecule has 1 aliphatic rings. The number of nitrogens with one attached hydrogen (secondary N) is 1. The number of nitrogens with two attached hydrogens (primary N) is 1. The van der Waals surface area contributed by atoms with Gasteiger partial charge in [-0.15, -0.1) is 0 Å². The first-order chi connectivity index (χ1) is 15.0. The normalized spacial score (nSPS) is 15.2. The van der Waals surface area contributed by atoms with E-state index in [2.05, 4.69) is 23.3 Å². The van der Waals surface area contributed by atoms with E-state index in [1.807, 2.05) is 0 Å². The van der Waals surface area contributed by atoms with Crippen LogP contribution in [0.2, 0.25) is 5.32 Å². The summed E-state index contributed by atoms with van der Waals surface area (Å²) < 4.78 is 11.7. The van der Waals surface area contributed by atoms with Crippen LogP contribution in [0.5, 0.6) is 0 Å². The Hall–Kier alpha value is -2.75. The second kappa shape index (κ2) is 10.5. The molecule has 1 unspecified atom stereocenters. The Morgan fingerprint density at radius 2 is 2.19 bits per heavy atom. The number of hydrogen-bond donors (Lipinski definition) is 2. The second-order valence-electron chi connectivity index (χ2n) is 7.32. The number of unbranched alkanes of at least 4 members (excludes halogenated alkanes) is 3. The first-order valence-corrected chi connectivity index (χ1v) is 12.6. The summed E-state index contributed by atoms with van der Waals surface area (Å²) >= 11 is 0.0445. The Kier molecular flexibility index (Phi) is 7.78. The fourth-order valence-electron chi connectivity index (χ4n) is 3.76. The van der Waals surface area contributed by atoms with Crippen molar-refractivity contribution in [1.29, 1.82) is 5.26 Å². The molecule has 31 heavy (non-hydrogen) atoms. The molecule has 2 aromatic rings. The van der Waals surface area contributed by atoms with Gasteiger partial charge in [-0.1, -0.05) is 0 Å². The molecule has 3 rings (SSSR count). The molecule has 0 amide bonds. The zero-order valence-corrected chi connectivity index (χ0v) is 19.9. The van der Waals surface area contributed by atoms with Crippen LogP contribution < -0.4 is 15.6 Å². The molecular formula is C23H28N4O3Se. The maximum atomic E-state index is 12.8. The van der Waals surface area contributed by atoms with Crippen LogP contribution >= 0.6 is 0 Å². The van der Waals surface area contributed by atoms with E-state index in [-0.39, 0.29) is 21.6 Å². The van der Waals surface area contributed by atoms with Gasteiger partial charge < -0.3 is 0 Å². The summed E-state index contributed by atoms with van der Waals surface area (Å²) in [6, 6.07) is 5.88. The fourth-order valence-corrected chi connectivity index (χ4v) is 5.85. The molecule has 1 atom stereocenters. The number of esters is 1. The molecule has 0 aliphatic carbocycles. The summed E-state index contributed by atoms with van der Waals surface area (Å²) in [5.74, 6) is -0.166. The maximum absolute atomic E-state index is 12.8. The van der Waals surface area contributed by atoms with Crippen molar-refractivity contribution in [3.05, 3.63) is 46.6 Å². The molecule has 0 saturated heterocycles. The Morgan fingerprint density at radius 3 is 2.84 bits per heavy atom. The molecule has 0 aromatic carbocycles. The van der Waals surface area contributed by atoms with Gasteiger partial charge in [0.25, 0.3) is 0 Å². The number of nitriles is 1. The summed E-state index contributed by atoms with van der Waals surface area (Å²) in [6.45, 7) is 6.01. The van der Waals surface area contributed by atoms with Gasteiger partial charge in [-0.3, -0.25) is 0 Å². The summed E-state index contributed by atoms with van der Waals surface area (Å²) in [6.07, 6.45) is 6.26. The van der Waals surface area contributed by atoms with Crippen LogP contribution in [-0.2, 0) is 9.53 Å². The van der Waals surface area contributed by atoms with Crippen LogP contribution in [0.15, 0.2) is 34.1 Å². The van der Waals surface area contributed by atoms with Crippen molar-refractivity contribution in [2.45, 2.75) is 57.7 Å². The third kappa shape index (κ3) is 4.79. The number of carbonyl (C=O) groups excluding carboxylic acids is 1. The number of carbonyl (C=O) groups is 1. The molecule has 7 nitrogen and oxygen atoms in total. The molecule has 0 saturated carbocycles. The van der Waals surface area contributed by atoms with Gasteiger partial charge in [0.1, 0.15) is 0 Å². The van der Waals surface area contributed by atoms with Crippen molar-refractivity contribution in [3.63, 3.8) is 0 Å². The van der Waals surface area contributed by atoms with Crippen molar-refractivity contribution in [1.82, 2.24) is 4.98 Å². The van der Waals surface area contributed by atoms with Gasteiger partial charge in [0.2, 0.25) is 0 Å². The van der Waals surface area contributed by atoms with E-state index in [1.54, 1.807) is 32.2 Å². The number of furan rings is 1. The SMILES string of the molecule is CCCCCC[Se]c1nc(N)c2c(c1C#N)NC(C)=C(C(=O)OCC)C2c1ccco1. The van der Waals surface area contributed by atoms with Crippen molar-refractivity contribution < 1.29 is 13.9 Å². The van der Waals surface area contributed by atoms with Gasteiger partial charge in [-0.2, -0.15) is 0 Å². The number of fused-ring (bicyclic) bond motifs is 1. The third-order valence-electron chi connectivity index (χ3n) is 5.20. The van der Waals surface area contributed by atoms with Gasteiger partial charge >= 0.3 is 189 Å². The molecular weight excluding hydrogens is 459 g/mol. The van der Waals surface area contributed by atoms with Crippen LogP contribution in [0, 0.1) is 11.3 Å². The summed E-state index contributed by atoms with van der Waals surface area (Å²) in [7, 11) is 0. The zero-order valence-electron chi connectivity index (χ0n) is 18.2. The van der Waals surface area contributed by atoms with Crippen LogP contribution in [0.3, 0.4) is 0 Å². The third-order valence-corrected chi connectivity index (χ3v) is 7.42. The molecule has 3 heterocycles. The number of ether oxygens (including phenoxy) is 1. The number of allylic oxidation sites excluding steroid dienone is 1. The Morgan fingerprint density at radius 1 is 1.39 bits per heavy atom. The molecule has 164 valence electrons. The first-order valence-electron chi connectivity index (χ1n) is 10.6. The van der Waals surface area contributed by atoms with Gasteiger partial charge in [0, 0.05) is 0 Å². The standard InChI is InChI=1S/C23H28N4O3Se/c1-4-6-7-8-12-31-22-15(13-24)20-19(21(25)27-22)18(16-10-9-11-30-16)17(14(3)26-20)23(28)29-5-2/h9-11,18,26H,4-8,12H2,1-3H3,(H2,25,27). The van der Waals surface area contributed by atoms with Crippen LogP contribution in [-0.4, -0.2) is 32.5 Å². The molecule has 0 spiro atoms. The van der Waals surface area contributed by atoms with Crippen molar-refractivity contribution in [3.8, 4) is 6.07 Å². The van der Waals surface area contributed by atoms with E-state index in [0.717, 1.165) is 16.3 Å². The molecule has 3 N–H and O–H groups in total. The molecule has 2 aromatic heterocycles. The van der Waals surface area contributed by atoms with Crippen LogP contribution in [0.25, 0.3) is 0 Å². The molecule has 0 radical (unpaired) electrons. The molecule has 0 fully saturated rings. The Bertz CT molecular complexity index is 1010. The van der Waals surface area contributed by atoms with Gasteiger partial charge in [-0.05, 0) is 0 Å². The van der Waals surface area contributed by atoms with E-state index in [9.17, 15) is 10.1 Å². The van der Waals surface area contributed by atoms with Gasteiger partial charge in [0.05, 0.1) is 0 Å². The van der Waals surface area contributed by atoms with E-state index in [1.165, 1.54) is 19.3 Å². The second-order valence-corrected chi connectivity index (χ2v) is 9.59. The van der Waals surface area contributed by atoms with Gasteiger partial charge in [0.15, 0.2) is 0 Å². The van der Waals surface area contributed by atoms with E-state index >= 15 is 0 Å². The number of hydrogen-bond acceptors (Lipinski definition) is 7. The number of nitrogens with zero attached hydrogens (tertiary/aromatic N) is 2. The topological polar surface area (TPSA) is 114 Å². The summed E-state index contributed by atoms with van der Waals surface area (Å²) in [4.78, 5) is 17.4. The Labute approximate surface area is 189 Å². The molecule has 1 aliphatic heterocycles. The monoisotopic (exact) mass is 488 g/mol. The first kappa shape index (κ1) is 22.9. The van der Waals surface area contributed by atoms with Crippen molar-refractivity contribution in [2.24, 2.45) is 0 Å². The van der Waals surface area contributed by atoms with Crippen molar-refractivity contribution >= 4 is 37.0 Å². The van der Waals surface area contributed by atoms with Crippen LogP contribution in [0.4, 0.5) is 11.5 Å². The quantitative estimate of drug-likeness (QED) is 0.314. The van der Waals surface area contributed by atoms with E-state index in [0.29, 0.717) is 39.7 Å². The average molecular weight is 487 g/mol. The number of pyridine rings is 1. The summed E-state index contributed by atoms with van der Waals surface area (Å²) in [5.41, 5.74) is 9.17. The predicted octanol–water partition coefficient (Wildman–Crippen LogP) is 3.85. The van der Waals surface area contributed by atoms with E-state index < -0.39 is 11.9 Å².